The number of hydrogen-bond acceptors (Lipinski definition) is 2. The molecule has 1 radical (unpaired) electrons. The van der Waals surface area contributed by atoms with Crippen LogP contribution in [0.4, 0.5) is 5.82 Å². The van der Waals surface area contributed by atoms with Gasteiger partial charge in [-0.05, 0) is 35.1 Å². The quantitative estimate of drug-likeness (QED) is 0.807. The summed E-state index contributed by atoms with van der Waals surface area (Å²) in [5, 5.41) is 6.50. The van der Waals surface area contributed by atoms with Crippen molar-refractivity contribution in [1.82, 2.24) is 10.3 Å². The monoisotopic (exact) mass is 224 g/mol. The van der Waals surface area contributed by atoms with Crippen molar-refractivity contribution in [1.29, 1.82) is 0 Å². The Hall–Kier alpha value is -1.87. The molecule has 17 heavy (non-hydrogen) atoms. The predicted molar refractivity (Wildman–Crippen MR) is 70.6 cm³/mol. The van der Waals surface area contributed by atoms with E-state index in [0.717, 1.165) is 30.3 Å². The maximum Gasteiger partial charge on any atom is 0.131 e. The maximum atomic E-state index is 5.91. The standard InChI is InChI=1S/C14H14N3/c15-14-13-9-12(10-3-6-16-7-4-10)2-1-11(13)5-8-17-14/h1-3,5,8-9H,4,6-7H2,(H2,15,17). The van der Waals surface area contributed by atoms with Gasteiger partial charge in [-0.25, -0.2) is 10.3 Å². The van der Waals surface area contributed by atoms with E-state index < -0.39 is 0 Å². The molecule has 1 aromatic carbocycles. The van der Waals surface area contributed by atoms with Gasteiger partial charge in [0.15, 0.2) is 0 Å². The van der Waals surface area contributed by atoms with E-state index in [1.807, 2.05) is 6.07 Å². The lowest BCUT2D eigenvalue weighted by Gasteiger charge is -2.13. The van der Waals surface area contributed by atoms with Gasteiger partial charge in [-0.3, -0.25) is 0 Å². The van der Waals surface area contributed by atoms with Crippen molar-refractivity contribution in [3.05, 3.63) is 42.1 Å². The smallest absolute Gasteiger partial charge is 0.131 e. The van der Waals surface area contributed by atoms with Crippen LogP contribution in [0.25, 0.3) is 16.3 Å². The van der Waals surface area contributed by atoms with Crippen LogP contribution in [-0.2, 0) is 0 Å². The number of nitrogens with zero attached hydrogens (tertiary/aromatic N) is 2. The van der Waals surface area contributed by atoms with Crippen LogP contribution in [0.3, 0.4) is 0 Å². The summed E-state index contributed by atoms with van der Waals surface area (Å²) in [6, 6.07) is 8.38. The number of rotatable bonds is 1. The molecule has 0 atom stereocenters. The zero-order chi connectivity index (χ0) is 11.7. The molecule has 0 unspecified atom stereocenters. The highest BCUT2D eigenvalue weighted by molar-refractivity contribution is 5.93. The van der Waals surface area contributed by atoms with Gasteiger partial charge in [-0.15, -0.1) is 0 Å². The first-order valence-corrected chi connectivity index (χ1v) is 5.81. The fourth-order valence-corrected chi connectivity index (χ4v) is 2.22. The normalized spacial score (nSPS) is 15.9. The summed E-state index contributed by atoms with van der Waals surface area (Å²) < 4.78 is 0. The van der Waals surface area contributed by atoms with Crippen molar-refractivity contribution in [2.24, 2.45) is 0 Å². The minimum Gasteiger partial charge on any atom is -0.383 e. The number of fused-ring (bicyclic) bond motifs is 1. The summed E-state index contributed by atoms with van der Waals surface area (Å²) in [6.45, 7) is 1.75. The minimum atomic E-state index is 0.602. The van der Waals surface area contributed by atoms with Crippen molar-refractivity contribution in [3.8, 4) is 0 Å². The molecular formula is C14H14N3. The molecule has 3 rings (SSSR count). The van der Waals surface area contributed by atoms with E-state index in [0.29, 0.717) is 5.82 Å². The summed E-state index contributed by atoms with van der Waals surface area (Å²) in [5.74, 6) is 0.602. The zero-order valence-corrected chi connectivity index (χ0v) is 9.56. The molecule has 2 N–H and O–H groups in total. The predicted octanol–water partition coefficient (Wildman–Crippen LogP) is 2.21. The Morgan fingerprint density at radius 2 is 2.12 bits per heavy atom. The first-order chi connectivity index (χ1) is 8.34. The topological polar surface area (TPSA) is 53.0 Å². The van der Waals surface area contributed by atoms with Crippen LogP contribution in [0.1, 0.15) is 12.0 Å². The van der Waals surface area contributed by atoms with Gasteiger partial charge in [0.05, 0.1) is 0 Å². The molecule has 0 saturated carbocycles. The Bertz CT molecular complexity index is 587. The number of aromatic nitrogens is 1. The van der Waals surface area contributed by atoms with Crippen LogP contribution in [0.5, 0.6) is 0 Å². The summed E-state index contributed by atoms with van der Waals surface area (Å²) in [6.07, 6.45) is 4.96. The molecule has 0 aliphatic carbocycles. The average Bonchev–Trinajstić information content (AvgIpc) is 2.40. The summed E-state index contributed by atoms with van der Waals surface area (Å²) in [4.78, 5) is 4.13. The first kappa shape index (κ1) is 10.3. The van der Waals surface area contributed by atoms with Gasteiger partial charge in [0.1, 0.15) is 5.82 Å². The van der Waals surface area contributed by atoms with Crippen LogP contribution in [-0.4, -0.2) is 18.1 Å². The summed E-state index contributed by atoms with van der Waals surface area (Å²) >= 11 is 0. The van der Waals surface area contributed by atoms with Gasteiger partial charge in [-0.2, -0.15) is 0 Å². The van der Waals surface area contributed by atoms with Gasteiger partial charge in [0.25, 0.3) is 0 Å². The molecule has 3 nitrogen and oxygen atoms in total. The molecule has 1 aliphatic rings. The lowest BCUT2D eigenvalue weighted by molar-refractivity contribution is 0.723. The van der Waals surface area contributed by atoms with Gasteiger partial charge >= 0.3 is 0 Å². The Morgan fingerprint density at radius 1 is 1.18 bits per heavy atom. The molecule has 2 aromatic rings. The highest BCUT2D eigenvalue weighted by atomic mass is 14.8. The minimum absolute atomic E-state index is 0.602. The van der Waals surface area contributed by atoms with E-state index in [4.69, 9.17) is 5.73 Å². The Morgan fingerprint density at radius 3 is 2.94 bits per heavy atom. The first-order valence-electron chi connectivity index (χ1n) is 5.81. The highest BCUT2D eigenvalue weighted by Gasteiger charge is 2.08. The largest absolute Gasteiger partial charge is 0.383 e. The van der Waals surface area contributed by atoms with Crippen LogP contribution in [0.15, 0.2) is 36.5 Å². The fraction of sp³-hybridized carbons (Fsp3) is 0.214. The summed E-state index contributed by atoms with van der Waals surface area (Å²) in [5.41, 5.74) is 8.51. The number of anilines is 1. The molecule has 0 bridgehead atoms. The lowest BCUT2D eigenvalue weighted by Crippen LogP contribution is -2.12. The molecule has 1 aliphatic heterocycles. The van der Waals surface area contributed by atoms with Crippen molar-refractivity contribution in [3.63, 3.8) is 0 Å². The molecule has 2 heterocycles. The van der Waals surface area contributed by atoms with Crippen LogP contribution in [0, 0.1) is 0 Å². The van der Waals surface area contributed by atoms with E-state index in [9.17, 15) is 0 Å². The third kappa shape index (κ3) is 1.89. The van der Waals surface area contributed by atoms with Gasteiger partial charge in [0.2, 0.25) is 0 Å². The number of benzene rings is 1. The van der Waals surface area contributed by atoms with Gasteiger partial charge < -0.3 is 5.73 Å². The van der Waals surface area contributed by atoms with Crippen molar-refractivity contribution >= 4 is 22.2 Å². The van der Waals surface area contributed by atoms with Crippen LogP contribution >= 0.6 is 0 Å². The molecule has 0 saturated heterocycles. The van der Waals surface area contributed by atoms with E-state index in [1.165, 1.54) is 11.1 Å². The van der Waals surface area contributed by atoms with E-state index >= 15 is 0 Å². The molecule has 0 fully saturated rings. The SMILES string of the molecule is Nc1nccc2ccc(C3=CC[N]CC3)cc12. The molecule has 0 spiro atoms. The molecule has 1 aromatic heterocycles. The average molecular weight is 224 g/mol. The van der Waals surface area contributed by atoms with Gasteiger partial charge in [0, 0.05) is 24.7 Å². The van der Waals surface area contributed by atoms with Gasteiger partial charge in [-0.1, -0.05) is 18.2 Å². The lowest BCUT2D eigenvalue weighted by atomic mass is 9.98. The molecular weight excluding hydrogens is 210 g/mol. The summed E-state index contributed by atoms with van der Waals surface area (Å²) in [7, 11) is 0. The van der Waals surface area contributed by atoms with Crippen molar-refractivity contribution in [2.75, 3.05) is 18.8 Å². The third-order valence-corrected chi connectivity index (χ3v) is 3.17. The van der Waals surface area contributed by atoms with Crippen LogP contribution < -0.4 is 11.1 Å². The Labute approximate surface area is 100 Å². The van der Waals surface area contributed by atoms with Crippen molar-refractivity contribution in [2.45, 2.75) is 6.42 Å². The molecule has 0 amide bonds. The third-order valence-electron chi connectivity index (χ3n) is 3.17. The van der Waals surface area contributed by atoms with E-state index in [1.54, 1.807) is 6.20 Å². The Balaban J connectivity index is 2.12. The number of pyridine rings is 1. The van der Waals surface area contributed by atoms with Crippen molar-refractivity contribution < 1.29 is 0 Å². The van der Waals surface area contributed by atoms with E-state index in [2.05, 4.69) is 34.6 Å². The second kappa shape index (κ2) is 4.18. The number of nitrogens with two attached hydrogens (primary N) is 1. The maximum absolute atomic E-state index is 5.91. The van der Waals surface area contributed by atoms with E-state index in [-0.39, 0.29) is 0 Å². The number of nitrogen functional groups attached to an aromatic ring is 1. The second-order valence-corrected chi connectivity index (χ2v) is 4.24. The zero-order valence-electron chi connectivity index (χ0n) is 9.56. The highest BCUT2D eigenvalue weighted by Crippen LogP contribution is 2.26. The fourth-order valence-electron chi connectivity index (χ4n) is 2.22. The second-order valence-electron chi connectivity index (χ2n) is 4.24. The molecule has 85 valence electrons. The Kier molecular flexibility index (Phi) is 2.53. The van der Waals surface area contributed by atoms with Crippen LogP contribution in [0.2, 0.25) is 0 Å². The molecule has 3 heteroatoms. The number of hydrogen-bond donors (Lipinski definition) is 1.